The molecule has 0 aromatic rings. The van der Waals surface area contributed by atoms with Crippen molar-refractivity contribution in [3.8, 4) is 0 Å². The molecule has 1 fully saturated rings. The topological polar surface area (TPSA) is 55.1 Å². The van der Waals surface area contributed by atoms with Gasteiger partial charge in [0.15, 0.2) is 0 Å². The third kappa shape index (κ3) is 4.97. The van der Waals surface area contributed by atoms with E-state index in [1.807, 2.05) is 0 Å². The van der Waals surface area contributed by atoms with Crippen LogP contribution in [0.1, 0.15) is 58.3 Å². The Hall–Kier alpha value is -0.570. The number of nitrogens with one attached hydrogen (secondary N) is 1. The summed E-state index contributed by atoms with van der Waals surface area (Å²) >= 11 is 0. The van der Waals surface area contributed by atoms with Gasteiger partial charge in [-0.05, 0) is 45.1 Å². The largest absolute Gasteiger partial charge is 0.353 e. The van der Waals surface area contributed by atoms with Gasteiger partial charge in [-0.2, -0.15) is 0 Å². The number of amides is 1. The molecule has 1 unspecified atom stereocenters. The number of hydrogen-bond donors (Lipinski definition) is 2. The van der Waals surface area contributed by atoms with Crippen LogP contribution >= 0.6 is 0 Å². The number of nitrogens with two attached hydrogens (primary N) is 1. The Morgan fingerprint density at radius 1 is 1.31 bits per heavy atom. The van der Waals surface area contributed by atoms with E-state index in [0.29, 0.717) is 18.4 Å². The lowest BCUT2D eigenvalue weighted by Crippen LogP contribution is -2.37. The van der Waals surface area contributed by atoms with Crippen molar-refractivity contribution in [2.75, 3.05) is 6.54 Å². The highest BCUT2D eigenvalue weighted by molar-refractivity contribution is 5.76. The number of hydrogen-bond acceptors (Lipinski definition) is 2. The van der Waals surface area contributed by atoms with Gasteiger partial charge in [0.05, 0.1) is 0 Å². The molecule has 0 spiro atoms. The molecular formula is C13H26N2O. The highest BCUT2D eigenvalue weighted by Gasteiger charge is 2.22. The molecule has 0 aromatic heterocycles. The van der Waals surface area contributed by atoms with E-state index in [-0.39, 0.29) is 5.91 Å². The summed E-state index contributed by atoms with van der Waals surface area (Å²) in [5, 5.41) is 3.13. The maximum absolute atomic E-state index is 11.6. The van der Waals surface area contributed by atoms with Gasteiger partial charge in [0.25, 0.3) is 0 Å². The van der Waals surface area contributed by atoms with Crippen LogP contribution in [0.3, 0.4) is 0 Å². The molecule has 1 saturated carbocycles. The van der Waals surface area contributed by atoms with E-state index < -0.39 is 0 Å². The fraction of sp³-hybridized carbons (Fsp3) is 0.923. The Morgan fingerprint density at radius 2 is 2.00 bits per heavy atom. The van der Waals surface area contributed by atoms with E-state index in [1.54, 1.807) is 0 Å². The third-order valence-electron chi connectivity index (χ3n) is 3.60. The average Bonchev–Trinajstić information content (AvgIpc) is 2.77. The van der Waals surface area contributed by atoms with Gasteiger partial charge in [-0.15, -0.1) is 0 Å². The molecule has 16 heavy (non-hydrogen) atoms. The first-order valence-corrected chi connectivity index (χ1v) is 6.73. The van der Waals surface area contributed by atoms with Crippen molar-refractivity contribution in [1.82, 2.24) is 5.32 Å². The Labute approximate surface area is 99.2 Å². The predicted octanol–water partition coefficient (Wildman–Crippen LogP) is 2.20. The Kier molecular flexibility index (Phi) is 6.46. The van der Waals surface area contributed by atoms with Crippen LogP contribution in [0.4, 0.5) is 0 Å². The molecule has 0 aliphatic heterocycles. The summed E-state index contributed by atoms with van der Waals surface area (Å²) in [6, 6.07) is 0.365. The van der Waals surface area contributed by atoms with Crippen LogP contribution in [0.5, 0.6) is 0 Å². The zero-order chi connectivity index (χ0) is 11.8. The van der Waals surface area contributed by atoms with Crippen molar-refractivity contribution in [2.24, 2.45) is 11.7 Å². The number of carbonyl (C=O) groups excluding carboxylic acids is 1. The molecule has 3 N–H and O–H groups in total. The van der Waals surface area contributed by atoms with Gasteiger partial charge < -0.3 is 11.1 Å². The van der Waals surface area contributed by atoms with Gasteiger partial charge >= 0.3 is 0 Å². The summed E-state index contributed by atoms with van der Waals surface area (Å²) < 4.78 is 0. The van der Waals surface area contributed by atoms with Gasteiger partial charge in [0.2, 0.25) is 5.91 Å². The average molecular weight is 226 g/mol. The molecule has 1 rings (SSSR count). The molecule has 1 atom stereocenters. The standard InChI is InChI=1S/C13H26N2O/c1-11(12-7-4-5-8-12)15-13(16)9-3-2-6-10-14/h11-12H,2-10,14H2,1H3,(H,15,16). The Bertz CT molecular complexity index is 200. The minimum Gasteiger partial charge on any atom is -0.353 e. The van der Waals surface area contributed by atoms with Gasteiger partial charge in [-0.25, -0.2) is 0 Å². The van der Waals surface area contributed by atoms with Crippen LogP contribution in [0, 0.1) is 5.92 Å². The van der Waals surface area contributed by atoms with Crippen molar-refractivity contribution < 1.29 is 4.79 Å². The summed E-state index contributed by atoms with van der Waals surface area (Å²) in [4.78, 5) is 11.6. The lowest BCUT2D eigenvalue weighted by atomic mass is 9.99. The Morgan fingerprint density at radius 3 is 2.62 bits per heavy atom. The van der Waals surface area contributed by atoms with Gasteiger partial charge in [-0.1, -0.05) is 19.3 Å². The zero-order valence-corrected chi connectivity index (χ0v) is 10.5. The van der Waals surface area contributed by atoms with E-state index in [2.05, 4.69) is 12.2 Å². The van der Waals surface area contributed by atoms with Crippen LogP contribution in [0.15, 0.2) is 0 Å². The molecular weight excluding hydrogens is 200 g/mol. The first kappa shape index (κ1) is 13.5. The van der Waals surface area contributed by atoms with E-state index in [9.17, 15) is 4.79 Å². The number of unbranched alkanes of at least 4 members (excludes halogenated alkanes) is 2. The van der Waals surface area contributed by atoms with Crippen LogP contribution in [0.25, 0.3) is 0 Å². The molecule has 0 heterocycles. The van der Waals surface area contributed by atoms with Crippen LogP contribution in [0.2, 0.25) is 0 Å². The zero-order valence-electron chi connectivity index (χ0n) is 10.5. The second-order valence-corrected chi connectivity index (χ2v) is 5.00. The SMILES string of the molecule is CC(NC(=O)CCCCCN)C1CCCC1. The normalized spacial score (nSPS) is 18.6. The van der Waals surface area contributed by atoms with Gasteiger partial charge in [-0.3, -0.25) is 4.79 Å². The maximum atomic E-state index is 11.6. The maximum Gasteiger partial charge on any atom is 0.220 e. The highest BCUT2D eigenvalue weighted by atomic mass is 16.1. The Balaban J connectivity index is 2.08. The molecule has 94 valence electrons. The molecule has 0 radical (unpaired) electrons. The molecule has 1 aliphatic carbocycles. The summed E-state index contributed by atoms with van der Waals surface area (Å²) in [5.41, 5.74) is 5.41. The van der Waals surface area contributed by atoms with E-state index in [4.69, 9.17) is 5.73 Å². The number of carbonyl (C=O) groups is 1. The molecule has 0 aromatic carbocycles. The summed E-state index contributed by atoms with van der Waals surface area (Å²) in [7, 11) is 0. The molecule has 3 heteroatoms. The van der Waals surface area contributed by atoms with Crippen molar-refractivity contribution in [2.45, 2.75) is 64.3 Å². The van der Waals surface area contributed by atoms with Crippen LogP contribution in [-0.4, -0.2) is 18.5 Å². The fourth-order valence-corrected chi connectivity index (χ4v) is 2.51. The van der Waals surface area contributed by atoms with E-state index >= 15 is 0 Å². The monoisotopic (exact) mass is 226 g/mol. The lowest BCUT2D eigenvalue weighted by Gasteiger charge is -2.20. The molecule has 1 aliphatic rings. The minimum atomic E-state index is 0.219. The van der Waals surface area contributed by atoms with Crippen molar-refractivity contribution in [3.63, 3.8) is 0 Å². The van der Waals surface area contributed by atoms with Crippen molar-refractivity contribution >= 4 is 5.91 Å². The first-order valence-electron chi connectivity index (χ1n) is 6.73. The van der Waals surface area contributed by atoms with Crippen LogP contribution in [-0.2, 0) is 4.79 Å². The van der Waals surface area contributed by atoms with Crippen molar-refractivity contribution in [3.05, 3.63) is 0 Å². The third-order valence-corrected chi connectivity index (χ3v) is 3.60. The summed E-state index contributed by atoms with van der Waals surface area (Å²) in [6.07, 6.45) is 8.98. The number of rotatable bonds is 7. The fourth-order valence-electron chi connectivity index (χ4n) is 2.51. The summed E-state index contributed by atoms with van der Waals surface area (Å²) in [5.74, 6) is 0.935. The van der Waals surface area contributed by atoms with Gasteiger partial charge in [0.1, 0.15) is 0 Å². The first-order chi connectivity index (χ1) is 7.74. The van der Waals surface area contributed by atoms with Gasteiger partial charge in [0, 0.05) is 12.5 Å². The van der Waals surface area contributed by atoms with E-state index in [1.165, 1.54) is 25.7 Å². The van der Waals surface area contributed by atoms with Crippen LogP contribution < -0.4 is 11.1 Å². The summed E-state index contributed by atoms with van der Waals surface area (Å²) in [6.45, 7) is 2.88. The van der Waals surface area contributed by atoms with E-state index in [0.717, 1.165) is 25.8 Å². The predicted molar refractivity (Wildman–Crippen MR) is 67.1 cm³/mol. The molecule has 1 amide bonds. The molecule has 0 saturated heterocycles. The molecule has 0 bridgehead atoms. The highest BCUT2D eigenvalue weighted by Crippen LogP contribution is 2.27. The lowest BCUT2D eigenvalue weighted by molar-refractivity contribution is -0.122. The molecule has 3 nitrogen and oxygen atoms in total. The second-order valence-electron chi connectivity index (χ2n) is 5.00. The quantitative estimate of drug-likeness (QED) is 0.654. The minimum absolute atomic E-state index is 0.219. The van der Waals surface area contributed by atoms with Crippen molar-refractivity contribution in [1.29, 1.82) is 0 Å². The second kappa shape index (κ2) is 7.66. The smallest absolute Gasteiger partial charge is 0.220 e.